The summed E-state index contributed by atoms with van der Waals surface area (Å²) < 4.78 is 42.7. The van der Waals surface area contributed by atoms with E-state index in [-0.39, 0.29) is 82.8 Å². The molecule has 0 aliphatic carbocycles. The summed E-state index contributed by atoms with van der Waals surface area (Å²) in [6, 6.07) is -1.05. The van der Waals surface area contributed by atoms with Gasteiger partial charge in [0.1, 0.15) is 18.6 Å². The number of nitrogens with one attached hydrogen (secondary N) is 4. The van der Waals surface area contributed by atoms with Crippen LogP contribution < -0.4 is 21.3 Å². The number of ether oxygens (including phenoxy) is 8. The molecule has 0 saturated carbocycles. The Labute approximate surface area is 349 Å². The van der Waals surface area contributed by atoms with Crippen molar-refractivity contribution in [2.24, 2.45) is 0 Å². The highest BCUT2D eigenvalue weighted by atomic mass is 32.2. The highest BCUT2D eigenvalue weighted by molar-refractivity contribution is 8.00. The molecule has 338 valence electrons. The van der Waals surface area contributed by atoms with E-state index in [1.165, 1.54) is 6.92 Å². The van der Waals surface area contributed by atoms with E-state index in [1.54, 1.807) is 0 Å². The number of imide groups is 1. The van der Waals surface area contributed by atoms with E-state index in [0.717, 1.165) is 29.2 Å². The number of aldehydes is 2. The summed E-state index contributed by atoms with van der Waals surface area (Å²) in [4.78, 5) is 96.1. The van der Waals surface area contributed by atoms with Gasteiger partial charge < -0.3 is 68.8 Å². The lowest BCUT2D eigenvalue weighted by Crippen LogP contribution is -2.53. The quantitative estimate of drug-likeness (QED) is 0.0289. The van der Waals surface area contributed by atoms with Gasteiger partial charge in [0.05, 0.1) is 111 Å². The summed E-state index contributed by atoms with van der Waals surface area (Å²) in [5, 5.41) is 9.76. The van der Waals surface area contributed by atoms with Crippen LogP contribution in [0.2, 0.25) is 0 Å². The van der Waals surface area contributed by atoms with Crippen LogP contribution in [0.15, 0.2) is 0 Å². The number of nitrogens with zero attached hydrogens (tertiary/aromatic N) is 1. The fourth-order valence-corrected chi connectivity index (χ4v) is 5.87. The molecule has 59 heavy (non-hydrogen) atoms. The number of thioether (sulfide) groups is 1. The first kappa shape index (κ1) is 53.4. The molecule has 1 unspecified atom stereocenters. The normalized spacial score (nSPS) is 14.3. The zero-order chi connectivity index (χ0) is 43.2. The Hall–Kier alpha value is -3.61. The summed E-state index contributed by atoms with van der Waals surface area (Å²) in [7, 11) is 0. The lowest BCUT2D eigenvalue weighted by atomic mass is 10.2. The minimum atomic E-state index is -1.05. The molecule has 22 heteroatoms. The Balaban J connectivity index is 2.19. The summed E-state index contributed by atoms with van der Waals surface area (Å²) >= 11 is 1.14. The minimum Gasteiger partial charge on any atom is -0.379 e. The molecule has 1 aliphatic rings. The third-order valence-corrected chi connectivity index (χ3v) is 8.94. The average Bonchev–Trinajstić information content (AvgIpc) is 3.48. The average molecular weight is 866 g/mol. The third-order valence-electron chi connectivity index (χ3n) is 7.73. The molecule has 1 fully saturated rings. The molecule has 4 N–H and O–H groups in total. The van der Waals surface area contributed by atoms with E-state index in [9.17, 15) is 38.4 Å². The summed E-state index contributed by atoms with van der Waals surface area (Å²) in [5.41, 5.74) is 0. The van der Waals surface area contributed by atoms with Crippen LogP contribution in [0.5, 0.6) is 0 Å². The van der Waals surface area contributed by atoms with Crippen LogP contribution in [0, 0.1) is 0 Å². The molecule has 0 radical (unpaired) electrons. The molecule has 1 heterocycles. The Morgan fingerprint density at radius 1 is 0.644 bits per heavy atom. The van der Waals surface area contributed by atoms with Crippen LogP contribution in [-0.4, -0.2) is 202 Å². The monoisotopic (exact) mass is 865 g/mol. The van der Waals surface area contributed by atoms with Crippen molar-refractivity contribution in [2.45, 2.75) is 50.3 Å². The van der Waals surface area contributed by atoms with Crippen molar-refractivity contribution in [3.8, 4) is 0 Å². The highest BCUT2D eigenvalue weighted by Crippen LogP contribution is 2.25. The van der Waals surface area contributed by atoms with Crippen LogP contribution in [-0.2, 0) is 76.3 Å². The van der Waals surface area contributed by atoms with Crippen molar-refractivity contribution in [1.29, 1.82) is 0 Å². The molecule has 0 aromatic carbocycles. The fourth-order valence-electron chi connectivity index (χ4n) is 4.75. The predicted molar refractivity (Wildman–Crippen MR) is 211 cm³/mol. The first-order valence-electron chi connectivity index (χ1n) is 19.7. The van der Waals surface area contributed by atoms with Crippen molar-refractivity contribution in [3.05, 3.63) is 0 Å². The van der Waals surface area contributed by atoms with Gasteiger partial charge in [-0.25, -0.2) is 0 Å². The lowest BCUT2D eigenvalue weighted by Gasteiger charge is -2.19. The molecule has 21 nitrogen and oxygen atoms in total. The number of carbonyl (C=O) groups excluding carboxylic acids is 8. The van der Waals surface area contributed by atoms with Gasteiger partial charge in [0.15, 0.2) is 0 Å². The van der Waals surface area contributed by atoms with Gasteiger partial charge in [0, 0.05) is 71.0 Å². The first-order valence-corrected chi connectivity index (χ1v) is 20.8. The van der Waals surface area contributed by atoms with E-state index >= 15 is 0 Å². The Bertz CT molecular complexity index is 1220. The molecule has 6 amide bonds. The second kappa shape index (κ2) is 37.4. The topological polar surface area (TPSA) is 262 Å². The molecule has 0 aromatic heterocycles. The summed E-state index contributed by atoms with van der Waals surface area (Å²) in [6.45, 7) is 7.09. The molecule has 2 atom stereocenters. The zero-order valence-corrected chi connectivity index (χ0v) is 34.9. The van der Waals surface area contributed by atoms with Crippen molar-refractivity contribution in [3.63, 3.8) is 0 Å². The lowest BCUT2D eigenvalue weighted by molar-refractivity contribution is -0.138. The maximum Gasteiger partial charge on any atom is 0.244 e. The van der Waals surface area contributed by atoms with Gasteiger partial charge in [0.25, 0.3) is 0 Å². The van der Waals surface area contributed by atoms with Crippen LogP contribution in [0.3, 0.4) is 0 Å². The van der Waals surface area contributed by atoms with Crippen LogP contribution in [0.25, 0.3) is 0 Å². The van der Waals surface area contributed by atoms with Crippen LogP contribution >= 0.6 is 11.8 Å². The van der Waals surface area contributed by atoms with Crippen molar-refractivity contribution in [2.75, 3.05) is 138 Å². The van der Waals surface area contributed by atoms with Gasteiger partial charge in [-0.1, -0.05) is 0 Å². The Kier molecular flexibility index (Phi) is 33.8. The van der Waals surface area contributed by atoms with Crippen LogP contribution in [0.4, 0.5) is 0 Å². The van der Waals surface area contributed by atoms with E-state index in [0.29, 0.717) is 98.7 Å². The maximum atomic E-state index is 12.9. The van der Waals surface area contributed by atoms with Crippen molar-refractivity contribution < 1.29 is 76.3 Å². The standard InChI is InChI=1S/C37H63N5O16S/c1-30(45)40-29-31(36(49)39-7-14-54-18-22-58-26-24-56-20-16-52-12-3-10-44)41-34(47)5-27-59-32-28-35(48)42(37(32)50)8-4-33(46)38-6-13-53-17-21-57-25-23-55-19-15-51-11-2-9-43/h9-10,31-32H,2-8,11-29H2,1H3,(H,38,46)(H,39,49)(H,40,45)(H,41,47)/t31-,32?/m1/s1. The largest absolute Gasteiger partial charge is 0.379 e. The predicted octanol–water partition coefficient (Wildman–Crippen LogP) is -2.21. The second-order valence-electron chi connectivity index (χ2n) is 12.5. The SMILES string of the molecule is CC(=O)NC[C@@H](NC(=O)CCSC1CC(=O)N(CCC(=O)NCCOCCOCCOCCOCCC=O)C1=O)C(=O)NCCOCCOCCOCCOCCC=O. The number of rotatable bonds is 41. The number of hydrogen-bond donors (Lipinski definition) is 4. The van der Waals surface area contributed by atoms with Crippen molar-refractivity contribution in [1.82, 2.24) is 26.2 Å². The van der Waals surface area contributed by atoms with Crippen molar-refractivity contribution >= 4 is 59.8 Å². The number of hydrogen-bond acceptors (Lipinski definition) is 17. The molecule has 0 aromatic rings. The smallest absolute Gasteiger partial charge is 0.244 e. The molecule has 0 spiro atoms. The molecule has 1 saturated heterocycles. The van der Waals surface area contributed by atoms with Gasteiger partial charge in [-0.2, -0.15) is 0 Å². The Morgan fingerprint density at radius 2 is 1.10 bits per heavy atom. The number of carbonyl (C=O) groups is 8. The first-order chi connectivity index (χ1) is 28.7. The van der Waals surface area contributed by atoms with Gasteiger partial charge in [0.2, 0.25) is 35.4 Å². The van der Waals surface area contributed by atoms with Gasteiger partial charge >= 0.3 is 0 Å². The van der Waals surface area contributed by atoms with E-state index in [1.807, 2.05) is 0 Å². The van der Waals surface area contributed by atoms with Gasteiger partial charge in [-0.3, -0.25) is 33.7 Å². The van der Waals surface area contributed by atoms with Crippen LogP contribution in [0.1, 0.15) is 39.0 Å². The second-order valence-corrected chi connectivity index (χ2v) is 13.8. The molecule has 0 bridgehead atoms. The van der Waals surface area contributed by atoms with Gasteiger partial charge in [-0.05, 0) is 0 Å². The minimum absolute atomic E-state index is 0.0529. The molecule has 1 aliphatic heterocycles. The van der Waals surface area contributed by atoms with E-state index in [2.05, 4.69) is 21.3 Å². The van der Waals surface area contributed by atoms with Gasteiger partial charge in [-0.15, -0.1) is 11.8 Å². The van der Waals surface area contributed by atoms with E-state index < -0.39 is 34.9 Å². The Morgan fingerprint density at radius 3 is 1.58 bits per heavy atom. The molecule has 1 rings (SSSR count). The summed E-state index contributed by atoms with van der Waals surface area (Å²) in [6.07, 6.45) is 2.13. The molecular weight excluding hydrogens is 802 g/mol. The summed E-state index contributed by atoms with van der Waals surface area (Å²) in [5.74, 6) is -2.37. The number of amides is 6. The number of likely N-dealkylation sites (tertiary alicyclic amines) is 1. The highest BCUT2D eigenvalue weighted by Gasteiger charge is 2.38. The van der Waals surface area contributed by atoms with E-state index in [4.69, 9.17) is 37.9 Å². The third kappa shape index (κ3) is 30.1. The maximum absolute atomic E-state index is 12.9. The molecular formula is C37H63N5O16S. The fraction of sp³-hybridized carbons (Fsp3) is 0.784. The zero-order valence-electron chi connectivity index (χ0n) is 34.1.